The van der Waals surface area contributed by atoms with Crippen molar-refractivity contribution >= 4 is 5.91 Å². The molecule has 5 nitrogen and oxygen atoms in total. The number of carbonyl (C=O) groups excluding carboxylic acids is 1. The average molecular weight is 297 g/mol. The van der Waals surface area contributed by atoms with E-state index in [-0.39, 0.29) is 5.91 Å². The second-order valence-corrected chi connectivity index (χ2v) is 6.87. The van der Waals surface area contributed by atoms with Crippen molar-refractivity contribution in [1.29, 1.82) is 0 Å². The minimum Gasteiger partial charge on any atom is -0.381 e. The van der Waals surface area contributed by atoms with Crippen LogP contribution in [0.1, 0.15) is 39.5 Å². The molecule has 0 aromatic carbocycles. The number of piperidine rings is 1. The van der Waals surface area contributed by atoms with Gasteiger partial charge in [-0.2, -0.15) is 0 Å². The maximum absolute atomic E-state index is 12.5. The summed E-state index contributed by atoms with van der Waals surface area (Å²) < 4.78 is 5.36. The molecule has 1 atom stereocenters. The number of nitrogens with zero attached hydrogens (tertiary/aromatic N) is 1. The summed E-state index contributed by atoms with van der Waals surface area (Å²) in [6.45, 7) is 9.24. The first-order valence-corrected chi connectivity index (χ1v) is 8.37. The van der Waals surface area contributed by atoms with Gasteiger partial charge in [-0.3, -0.25) is 9.69 Å². The number of hydrogen-bond donors (Lipinski definition) is 2. The molecule has 1 unspecified atom stereocenters. The van der Waals surface area contributed by atoms with E-state index >= 15 is 0 Å². The third-order valence-electron chi connectivity index (χ3n) is 5.32. The van der Waals surface area contributed by atoms with Gasteiger partial charge in [0.1, 0.15) is 0 Å². The quantitative estimate of drug-likeness (QED) is 0.794. The van der Waals surface area contributed by atoms with Crippen molar-refractivity contribution in [1.82, 2.24) is 10.2 Å². The van der Waals surface area contributed by atoms with Crippen molar-refractivity contribution in [3.8, 4) is 0 Å². The smallest absolute Gasteiger partial charge is 0.227 e. The molecular formula is C16H31N3O2. The largest absolute Gasteiger partial charge is 0.381 e. The van der Waals surface area contributed by atoms with Crippen LogP contribution in [0.15, 0.2) is 0 Å². The summed E-state index contributed by atoms with van der Waals surface area (Å²) in [5, 5.41) is 3.14. The molecule has 0 saturated carbocycles. The van der Waals surface area contributed by atoms with Gasteiger partial charge in [-0.1, -0.05) is 6.92 Å². The van der Waals surface area contributed by atoms with Crippen LogP contribution in [0.3, 0.4) is 0 Å². The van der Waals surface area contributed by atoms with E-state index in [0.717, 1.165) is 38.4 Å². The molecule has 2 saturated heterocycles. The fourth-order valence-corrected chi connectivity index (χ4v) is 3.31. The molecule has 0 aromatic rings. The van der Waals surface area contributed by atoms with Crippen LogP contribution in [0, 0.1) is 11.3 Å². The number of ether oxygens (including phenoxy) is 1. The number of carbonyl (C=O) groups is 1. The molecule has 3 N–H and O–H groups in total. The first kappa shape index (κ1) is 16.7. The molecule has 122 valence electrons. The lowest BCUT2D eigenvalue weighted by atomic mass is 9.79. The molecule has 2 aliphatic heterocycles. The monoisotopic (exact) mass is 297 g/mol. The molecule has 0 radical (unpaired) electrons. The van der Waals surface area contributed by atoms with Crippen molar-refractivity contribution in [2.45, 2.75) is 45.6 Å². The van der Waals surface area contributed by atoms with Crippen molar-refractivity contribution in [2.75, 3.05) is 39.4 Å². The minimum absolute atomic E-state index is 0.116. The highest BCUT2D eigenvalue weighted by atomic mass is 16.5. The summed E-state index contributed by atoms with van der Waals surface area (Å²) in [5.41, 5.74) is 5.47. The van der Waals surface area contributed by atoms with Gasteiger partial charge in [0.05, 0.1) is 5.41 Å². The third kappa shape index (κ3) is 4.18. The Bertz CT molecular complexity index is 334. The van der Waals surface area contributed by atoms with Crippen LogP contribution in [-0.2, 0) is 9.53 Å². The second kappa shape index (κ2) is 7.56. The number of amides is 1. The lowest BCUT2D eigenvalue weighted by Gasteiger charge is -2.37. The molecule has 2 fully saturated rings. The fraction of sp³-hybridized carbons (Fsp3) is 0.938. The van der Waals surface area contributed by atoms with Crippen LogP contribution in [0.4, 0.5) is 0 Å². The van der Waals surface area contributed by atoms with Crippen molar-refractivity contribution in [2.24, 2.45) is 17.1 Å². The van der Waals surface area contributed by atoms with Crippen molar-refractivity contribution in [3.05, 3.63) is 0 Å². The molecule has 0 aliphatic carbocycles. The SMILES string of the molecule is CC1CCN(C(C)CNC(=O)C2(CN)CCOCC2)CC1. The van der Waals surface area contributed by atoms with Gasteiger partial charge in [0.15, 0.2) is 0 Å². The molecule has 1 amide bonds. The first-order valence-electron chi connectivity index (χ1n) is 8.37. The maximum atomic E-state index is 12.5. The lowest BCUT2D eigenvalue weighted by Crippen LogP contribution is -2.52. The second-order valence-electron chi connectivity index (χ2n) is 6.87. The van der Waals surface area contributed by atoms with E-state index < -0.39 is 5.41 Å². The number of nitrogens with two attached hydrogens (primary N) is 1. The lowest BCUT2D eigenvalue weighted by molar-refractivity contribution is -0.136. The van der Waals surface area contributed by atoms with E-state index in [4.69, 9.17) is 10.5 Å². The number of rotatable bonds is 5. The topological polar surface area (TPSA) is 67.6 Å². The summed E-state index contributed by atoms with van der Waals surface area (Å²) in [6.07, 6.45) is 4.01. The zero-order valence-electron chi connectivity index (χ0n) is 13.6. The Kier molecular flexibility index (Phi) is 6.02. The van der Waals surface area contributed by atoms with Gasteiger partial charge in [0.25, 0.3) is 0 Å². The molecule has 21 heavy (non-hydrogen) atoms. The van der Waals surface area contributed by atoms with Gasteiger partial charge in [0.2, 0.25) is 5.91 Å². The Balaban J connectivity index is 1.79. The first-order chi connectivity index (χ1) is 10.1. The highest BCUT2D eigenvalue weighted by Gasteiger charge is 2.38. The zero-order chi connectivity index (χ0) is 15.3. The van der Waals surface area contributed by atoms with Crippen molar-refractivity contribution in [3.63, 3.8) is 0 Å². The highest BCUT2D eigenvalue weighted by molar-refractivity contribution is 5.83. The molecule has 0 spiro atoms. The van der Waals surface area contributed by atoms with Crippen LogP contribution in [-0.4, -0.2) is 56.2 Å². The zero-order valence-corrected chi connectivity index (χ0v) is 13.6. The van der Waals surface area contributed by atoms with Gasteiger partial charge in [-0.05, 0) is 51.6 Å². The summed E-state index contributed by atoms with van der Waals surface area (Å²) in [4.78, 5) is 15.0. The normalized spacial score (nSPS) is 25.5. The van der Waals surface area contributed by atoms with E-state index in [9.17, 15) is 4.79 Å². The van der Waals surface area contributed by atoms with Crippen LogP contribution < -0.4 is 11.1 Å². The van der Waals surface area contributed by atoms with E-state index in [1.54, 1.807) is 0 Å². The van der Waals surface area contributed by atoms with Crippen LogP contribution in [0.5, 0.6) is 0 Å². The fourth-order valence-electron chi connectivity index (χ4n) is 3.31. The van der Waals surface area contributed by atoms with Gasteiger partial charge >= 0.3 is 0 Å². The van der Waals surface area contributed by atoms with Gasteiger partial charge in [0, 0.05) is 32.3 Å². The third-order valence-corrected chi connectivity index (χ3v) is 5.32. The van der Waals surface area contributed by atoms with E-state index in [0.29, 0.717) is 25.8 Å². The van der Waals surface area contributed by atoms with Crippen LogP contribution in [0.2, 0.25) is 0 Å². The number of nitrogens with one attached hydrogen (secondary N) is 1. The number of likely N-dealkylation sites (tertiary alicyclic amines) is 1. The molecule has 0 aromatic heterocycles. The predicted octanol–water partition coefficient (Wildman–Crippen LogP) is 0.979. The van der Waals surface area contributed by atoms with E-state index in [1.807, 2.05) is 0 Å². The van der Waals surface area contributed by atoms with E-state index in [2.05, 4.69) is 24.1 Å². The van der Waals surface area contributed by atoms with E-state index in [1.165, 1.54) is 12.8 Å². The maximum Gasteiger partial charge on any atom is 0.227 e. The number of hydrogen-bond acceptors (Lipinski definition) is 4. The van der Waals surface area contributed by atoms with Gasteiger partial charge in [-0.15, -0.1) is 0 Å². The standard InChI is InChI=1S/C16H31N3O2/c1-13-3-7-19(8-4-13)14(2)11-18-15(20)16(12-17)5-9-21-10-6-16/h13-14H,3-12,17H2,1-2H3,(H,18,20). The Hall–Kier alpha value is -0.650. The summed E-state index contributed by atoms with van der Waals surface area (Å²) in [5.74, 6) is 0.955. The molecular weight excluding hydrogens is 266 g/mol. The Morgan fingerprint density at radius 1 is 1.38 bits per heavy atom. The minimum atomic E-state index is -0.408. The Morgan fingerprint density at radius 2 is 2.00 bits per heavy atom. The summed E-state index contributed by atoms with van der Waals surface area (Å²) in [6, 6.07) is 0.399. The van der Waals surface area contributed by atoms with Gasteiger partial charge < -0.3 is 15.8 Å². The molecule has 2 heterocycles. The molecule has 2 rings (SSSR count). The molecule has 0 bridgehead atoms. The molecule has 2 aliphatic rings. The summed E-state index contributed by atoms with van der Waals surface area (Å²) in [7, 11) is 0. The molecule has 5 heteroatoms. The highest BCUT2D eigenvalue weighted by Crippen LogP contribution is 2.29. The Morgan fingerprint density at radius 3 is 2.57 bits per heavy atom. The summed E-state index contributed by atoms with van der Waals surface area (Å²) >= 11 is 0. The van der Waals surface area contributed by atoms with Crippen LogP contribution in [0.25, 0.3) is 0 Å². The predicted molar refractivity (Wildman–Crippen MR) is 84.0 cm³/mol. The van der Waals surface area contributed by atoms with Gasteiger partial charge in [-0.25, -0.2) is 0 Å². The van der Waals surface area contributed by atoms with Crippen LogP contribution >= 0.6 is 0 Å². The Labute approximate surface area is 128 Å². The van der Waals surface area contributed by atoms with Crippen molar-refractivity contribution < 1.29 is 9.53 Å². The average Bonchev–Trinajstić information content (AvgIpc) is 2.53.